The van der Waals surface area contributed by atoms with Crippen molar-refractivity contribution in [3.8, 4) is 5.69 Å². The first-order valence-electron chi connectivity index (χ1n) is 6.56. The maximum Gasteiger partial charge on any atom is 0.252 e. The number of nitrogens with zero attached hydrogens (tertiary/aromatic N) is 5. The molecule has 0 atom stereocenters. The van der Waals surface area contributed by atoms with Crippen LogP contribution < -0.4 is 0 Å². The van der Waals surface area contributed by atoms with E-state index in [4.69, 9.17) is 4.74 Å². The van der Waals surface area contributed by atoms with Gasteiger partial charge in [-0.25, -0.2) is 21.9 Å². The molecule has 0 spiro atoms. The number of rotatable bonds is 8. The molecule has 1 aromatic heterocycles. The van der Waals surface area contributed by atoms with Gasteiger partial charge in [-0.15, -0.1) is 5.10 Å². The van der Waals surface area contributed by atoms with Crippen LogP contribution in [0.3, 0.4) is 0 Å². The highest BCUT2D eigenvalue weighted by Gasteiger charge is 2.27. The predicted molar refractivity (Wildman–Crippen MR) is 75.8 cm³/mol. The van der Waals surface area contributed by atoms with Gasteiger partial charge >= 0.3 is 0 Å². The van der Waals surface area contributed by atoms with Crippen LogP contribution in [0, 0.1) is 0 Å². The number of halogens is 2. The van der Waals surface area contributed by atoms with Gasteiger partial charge in [0.05, 0.1) is 23.7 Å². The highest BCUT2D eigenvalue weighted by atomic mass is 32.2. The molecule has 0 unspecified atom stereocenters. The van der Waals surface area contributed by atoms with Gasteiger partial charge in [-0.1, -0.05) is 6.07 Å². The van der Waals surface area contributed by atoms with Crippen LogP contribution in [0.4, 0.5) is 8.78 Å². The molecule has 0 aliphatic carbocycles. The summed E-state index contributed by atoms with van der Waals surface area (Å²) < 4.78 is 57.3. The molecule has 1 aromatic carbocycles. The molecule has 126 valence electrons. The van der Waals surface area contributed by atoms with Gasteiger partial charge in [0, 0.05) is 13.7 Å². The van der Waals surface area contributed by atoms with Crippen LogP contribution in [0.5, 0.6) is 0 Å². The van der Waals surface area contributed by atoms with E-state index in [1.54, 1.807) is 6.07 Å². The minimum absolute atomic E-state index is 0.0125. The lowest BCUT2D eigenvalue weighted by Gasteiger charge is -2.21. The molecule has 2 aromatic rings. The van der Waals surface area contributed by atoms with E-state index in [0.717, 1.165) is 0 Å². The molecule has 0 saturated carbocycles. The van der Waals surface area contributed by atoms with Crippen molar-refractivity contribution < 1.29 is 21.9 Å². The van der Waals surface area contributed by atoms with Gasteiger partial charge in [0.1, 0.15) is 6.33 Å². The van der Waals surface area contributed by atoms with Gasteiger partial charge in [-0.2, -0.15) is 4.31 Å². The van der Waals surface area contributed by atoms with E-state index in [2.05, 4.69) is 15.5 Å². The Morgan fingerprint density at radius 2 is 2.17 bits per heavy atom. The van der Waals surface area contributed by atoms with E-state index in [9.17, 15) is 17.2 Å². The van der Waals surface area contributed by atoms with Crippen LogP contribution in [-0.4, -0.2) is 66.2 Å². The van der Waals surface area contributed by atoms with Gasteiger partial charge in [-0.05, 0) is 28.6 Å². The summed E-state index contributed by atoms with van der Waals surface area (Å²) in [6.45, 7) is -1.06. The average molecular weight is 347 g/mol. The SMILES string of the molecule is COCCN(CC(F)F)S(=O)(=O)c1cccc(-n2cnnn2)c1. The number of tetrazole rings is 1. The van der Waals surface area contributed by atoms with Crippen LogP contribution in [0.15, 0.2) is 35.5 Å². The third kappa shape index (κ3) is 4.27. The van der Waals surface area contributed by atoms with Gasteiger partial charge in [0.15, 0.2) is 0 Å². The Morgan fingerprint density at radius 3 is 2.78 bits per heavy atom. The van der Waals surface area contributed by atoms with E-state index in [0.29, 0.717) is 9.99 Å². The van der Waals surface area contributed by atoms with Gasteiger partial charge in [0.2, 0.25) is 10.0 Å². The number of ether oxygens (including phenoxy) is 1. The summed E-state index contributed by atoms with van der Waals surface area (Å²) in [6, 6.07) is 5.73. The molecule has 2 rings (SSSR count). The standard InChI is InChI=1S/C12H15F2N5O3S/c1-22-6-5-18(8-12(13)14)23(20,21)11-4-2-3-10(7-11)19-9-15-16-17-19/h2-4,7,9,12H,5-6,8H2,1H3. The second-order valence-corrected chi connectivity index (χ2v) is 6.44. The van der Waals surface area contributed by atoms with E-state index in [1.165, 1.54) is 36.3 Å². The molecule has 0 N–H and O–H groups in total. The summed E-state index contributed by atoms with van der Waals surface area (Å²) in [4.78, 5) is -0.123. The molecule has 1 heterocycles. The highest BCUT2D eigenvalue weighted by Crippen LogP contribution is 2.19. The molecule has 0 aliphatic heterocycles. The van der Waals surface area contributed by atoms with Crippen molar-refractivity contribution in [2.24, 2.45) is 0 Å². The molecular weight excluding hydrogens is 332 g/mol. The van der Waals surface area contributed by atoms with Crippen molar-refractivity contribution in [2.45, 2.75) is 11.3 Å². The van der Waals surface area contributed by atoms with Crippen molar-refractivity contribution in [1.82, 2.24) is 24.5 Å². The van der Waals surface area contributed by atoms with Gasteiger partial charge in [-0.3, -0.25) is 0 Å². The van der Waals surface area contributed by atoms with Crippen molar-refractivity contribution >= 4 is 10.0 Å². The Balaban J connectivity index is 2.34. The number of hydrogen-bond donors (Lipinski definition) is 0. The Bertz CT molecular complexity index is 724. The van der Waals surface area contributed by atoms with E-state index in [1.807, 2.05) is 0 Å². The van der Waals surface area contributed by atoms with Crippen LogP contribution >= 0.6 is 0 Å². The summed E-state index contributed by atoms with van der Waals surface area (Å²) in [5.74, 6) is 0. The van der Waals surface area contributed by atoms with E-state index in [-0.39, 0.29) is 18.0 Å². The summed E-state index contributed by atoms with van der Waals surface area (Å²) in [5, 5.41) is 10.6. The quantitative estimate of drug-likeness (QED) is 0.693. The topological polar surface area (TPSA) is 90.2 Å². The second-order valence-electron chi connectivity index (χ2n) is 4.50. The van der Waals surface area contributed by atoms with Crippen LogP contribution in [0.2, 0.25) is 0 Å². The molecule has 0 fully saturated rings. The lowest BCUT2D eigenvalue weighted by Crippen LogP contribution is -2.37. The monoisotopic (exact) mass is 347 g/mol. The fourth-order valence-electron chi connectivity index (χ4n) is 1.87. The summed E-state index contributed by atoms with van der Waals surface area (Å²) in [6.07, 6.45) is -1.49. The third-order valence-electron chi connectivity index (χ3n) is 2.96. The summed E-state index contributed by atoms with van der Waals surface area (Å²) >= 11 is 0. The van der Waals surface area contributed by atoms with Crippen LogP contribution in [-0.2, 0) is 14.8 Å². The normalized spacial score (nSPS) is 12.2. The minimum atomic E-state index is -4.09. The molecule has 8 nitrogen and oxygen atoms in total. The van der Waals surface area contributed by atoms with E-state index >= 15 is 0 Å². The lowest BCUT2D eigenvalue weighted by atomic mass is 10.3. The lowest BCUT2D eigenvalue weighted by molar-refractivity contribution is 0.106. The Labute approximate surface area is 131 Å². The molecule has 0 bridgehead atoms. The molecule has 11 heteroatoms. The van der Waals surface area contributed by atoms with Crippen molar-refractivity contribution in [3.05, 3.63) is 30.6 Å². The Kier molecular flexibility index (Phi) is 5.69. The average Bonchev–Trinajstić information content (AvgIpc) is 3.05. The van der Waals surface area contributed by atoms with Crippen LogP contribution in [0.25, 0.3) is 5.69 Å². The highest BCUT2D eigenvalue weighted by molar-refractivity contribution is 7.89. The molecule has 0 radical (unpaired) electrons. The largest absolute Gasteiger partial charge is 0.383 e. The molecule has 23 heavy (non-hydrogen) atoms. The zero-order chi connectivity index (χ0) is 16.9. The fraction of sp³-hybridized carbons (Fsp3) is 0.417. The third-order valence-corrected chi connectivity index (χ3v) is 4.82. The summed E-state index contributed by atoms with van der Waals surface area (Å²) in [7, 11) is -2.72. The summed E-state index contributed by atoms with van der Waals surface area (Å²) in [5.41, 5.74) is 0.403. The molecular formula is C12H15F2N5O3S. The maximum absolute atomic E-state index is 12.7. The second kappa shape index (κ2) is 7.53. The Morgan fingerprint density at radius 1 is 1.39 bits per heavy atom. The van der Waals surface area contributed by atoms with Gasteiger partial charge in [0.25, 0.3) is 6.43 Å². The first-order chi connectivity index (χ1) is 10.9. The minimum Gasteiger partial charge on any atom is -0.383 e. The predicted octanol–water partition coefficient (Wildman–Crippen LogP) is 0.565. The number of methoxy groups -OCH3 is 1. The van der Waals surface area contributed by atoms with Crippen molar-refractivity contribution in [1.29, 1.82) is 0 Å². The number of benzene rings is 1. The number of hydrogen-bond acceptors (Lipinski definition) is 6. The molecule has 0 saturated heterocycles. The smallest absolute Gasteiger partial charge is 0.252 e. The van der Waals surface area contributed by atoms with Crippen molar-refractivity contribution in [2.75, 3.05) is 26.8 Å². The number of sulfonamides is 1. The zero-order valence-corrected chi connectivity index (χ0v) is 13.0. The first kappa shape index (κ1) is 17.4. The first-order valence-corrected chi connectivity index (χ1v) is 8.00. The maximum atomic E-state index is 12.7. The van der Waals surface area contributed by atoms with Crippen LogP contribution in [0.1, 0.15) is 0 Å². The zero-order valence-electron chi connectivity index (χ0n) is 12.2. The van der Waals surface area contributed by atoms with Crippen molar-refractivity contribution in [3.63, 3.8) is 0 Å². The van der Waals surface area contributed by atoms with Gasteiger partial charge < -0.3 is 4.74 Å². The molecule has 0 amide bonds. The number of alkyl halides is 2. The van der Waals surface area contributed by atoms with E-state index < -0.39 is 23.0 Å². The fourth-order valence-corrected chi connectivity index (χ4v) is 3.31. The Hall–Kier alpha value is -1.98. The number of aromatic nitrogens is 4. The molecule has 0 aliphatic rings.